The van der Waals surface area contributed by atoms with Crippen molar-refractivity contribution in [3.05, 3.63) is 46.5 Å². The van der Waals surface area contributed by atoms with Gasteiger partial charge in [-0.1, -0.05) is 29.3 Å². The molecule has 0 amide bonds. The molecule has 1 saturated heterocycles. The summed E-state index contributed by atoms with van der Waals surface area (Å²) in [7, 11) is 0. The molecule has 5 nitrogen and oxygen atoms in total. The number of alkyl halides is 3. The molecule has 1 aliphatic heterocycles. The van der Waals surface area contributed by atoms with E-state index in [1.165, 1.54) is 17.3 Å². The highest BCUT2D eigenvalue weighted by Gasteiger charge is 2.45. The minimum atomic E-state index is -4.42. The Bertz CT molecular complexity index is 727. The summed E-state index contributed by atoms with van der Waals surface area (Å²) in [6.45, 7) is -1.13. The number of rotatable bonds is 5. The summed E-state index contributed by atoms with van der Waals surface area (Å²) in [5, 5.41) is 4.86. The molecule has 0 bridgehead atoms. The van der Waals surface area contributed by atoms with E-state index < -0.39 is 24.7 Å². The number of ether oxygens (including phenoxy) is 2. The zero-order chi connectivity index (χ0) is 18.1. The lowest BCUT2D eigenvalue weighted by Gasteiger charge is -2.30. The minimum Gasteiger partial charge on any atom is -0.343 e. The third kappa shape index (κ3) is 4.44. The van der Waals surface area contributed by atoms with Crippen LogP contribution < -0.4 is 0 Å². The smallest absolute Gasteiger partial charge is 0.343 e. The van der Waals surface area contributed by atoms with Gasteiger partial charge in [-0.05, 0) is 18.6 Å². The average Bonchev–Trinajstić information content (AvgIpc) is 3.15. The third-order valence-corrected chi connectivity index (χ3v) is 4.43. The van der Waals surface area contributed by atoms with Crippen LogP contribution in [0, 0.1) is 0 Å². The van der Waals surface area contributed by atoms with Crippen LogP contribution in [0.5, 0.6) is 0 Å². The Morgan fingerprint density at radius 3 is 2.80 bits per heavy atom. The molecule has 0 spiro atoms. The van der Waals surface area contributed by atoms with Crippen LogP contribution in [0.3, 0.4) is 0 Å². The first kappa shape index (κ1) is 18.4. The summed E-state index contributed by atoms with van der Waals surface area (Å²) >= 11 is 12.2. The van der Waals surface area contributed by atoms with Gasteiger partial charge < -0.3 is 9.47 Å². The largest absolute Gasteiger partial charge is 0.411 e. The third-order valence-electron chi connectivity index (χ3n) is 3.88. The molecule has 3 rings (SSSR count). The molecule has 25 heavy (non-hydrogen) atoms. The number of nitrogens with zero attached hydrogens (tertiary/aromatic N) is 3. The molecule has 1 aromatic carbocycles. The van der Waals surface area contributed by atoms with Gasteiger partial charge in [0, 0.05) is 22.0 Å². The Hall–Kier alpha value is -1.35. The number of aromatic nitrogens is 3. The molecule has 0 N–H and O–H groups in total. The first-order valence-electron chi connectivity index (χ1n) is 7.42. The highest BCUT2D eigenvalue weighted by molar-refractivity contribution is 6.35. The summed E-state index contributed by atoms with van der Waals surface area (Å²) in [4.78, 5) is 3.88. The van der Waals surface area contributed by atoms with Crippen LogP contribution in [0.4, 0.5) is 13.2 Å². The van der Waals surface area contributed by atoms with E-state index in [-0.39, 0.29) is 6.54 Å². The lowest BCUT2D eigenvalue weighted by Crippen LogP contribution is -2.34. The van der Waals surface area contributed by atoms with Crippen LogP contribution in [-0.2, 0) is 21.6 Å². The van der Waals surface area contributed by atoms with E-state index in [1.807, 2.05) is 0 Å². The van der Waals surface area contributed by atoms with E-state index in [9.17, 15) is 13.2 Å². The van der Waals surface area contributed by atoms with E-state index in [0.29, 0.717) is 28.5 Å². The summed E-state index contributed by atoms with van der Waals surface area (Å²) in [6.07, 6.45) is -1.83. The molecule has 0 aliphatic carbocycles. The van der Waals surface area contributed by atoms with Crippen molar-refractivity contribution >= 4 is 23.2 Å². The van der Waals surface area contributed by atoms with Crippen molar-refractivity contribution in [2.24, 2.45) is 0 Å². The van der Waals surface area contributed by atoms with Gasteiger partial charge in [0.05, 0.1) is 6.54 Å². The molecule has 1 aliphatic rings. The number of halogens is 5. The van der Waals surface area contributed by atoms with Gasteiger partial charge in [0.1, 0.15) is 24.9 Å². The Morgan fingerprint density at radius 2 is 2.16 bits per heavy atom. The Kier molecular flexibility index (Phi) is 5.24. The maximum Gasteiger partial charge on any atom is 0.411 e. The van der Waals surface area contributed by atoms with Crippen molar-refractivity contribution in [1.82, 2.24) is 14.8 Å². The molecular weight excluding hydrogens is 382 g/mol. The van der Waals surface area contributed by atoms with E-state index >= 15 is 0 Å². The van der Waals surface area contributed by atoms with Crippen LogP contribution >= 0.6 is 23.2 Å². The standard InChI is InChI=1S/C15H14Cl2F3N3O2/c16-10-1-2-11(12(17)5-10)14(6-23-9-21-8-22-23)4-3-13(25-14)24-7-15(18,19)20/h1-2,5,8-9,13H,3-4,6-7H2/t13?,14-/m1/s1. The monoisotopic (exact) mass is 395 g/mol. The summed E-state index contributed by atoms with van der Waals surface area (Å²) in [6, 6.07) is 4.92. The molecule has 2 atom stereocenters. The second-order valence-corrected chi connectivity index (χ2v) is 6.57. The first-order chi connectivity index (χ1) is 11.8. The quantitative estimate of drug-likeness (QED) is 0.761. The Balaban J connectivity index is 1.86. The SMILES string of the molecule is FC(F)(F)COC1CC[C@@](Cn2cncn2)(c2ccc(Cl)cc2Cl)O1. The molecule has 0 radical (unpaired) electrons. The highest BCUT2D eigenvalue weighted by atomic mass is 35.5. The van der Waals surface area contributed by atoms with Gasteiger partial charge in [-0.3, -0.25) is 0 Å². The predicted molar refractivity (Wildman–Crippen MR) is 84.3 cm³/mol. The maximum atomic E-state index is 12.4. The number of hydrogen-bond donors (Lipinski definition) is 0. The molecule has 1 unspecified atom stereocenters. The van der Waals surface area contributed by atoms with Gasteiger partial charge in [0.2, 0.25) is 0 Å². The lowest BCUT2D eigenvalue weighted by molar-refractivity contribution is -0.239. The van der Waals surface area contributed by atoms with Crippen LogP contribution in [0.2, 0.25) is 10.0 Å². The Labute approximate surface area is 151 Å². The van der Waals surface area contributed by atoms with Gasteiger partial charge in [-0.25, -0.2) is 9.67 Å². The molecule has 1 aromatic heterocycles. The molecular formula is C15H14Cl2F3N3O2. The highest BCUT2D eigenvalue weighted by Crippen LogP contribution is 2.44. The van der Waals surface area contributed by atoms with E-state index in [2.05, 4.69) is 10.1 Å². The van der Waals surface area contributed by atoms with Crippen molar-refractivity contribution in [2.45, 2.75) is 37.5 Å². The van der Waals surface area contributed by atoms with Gasteiger partial charge >= 0.3 is 6.18 Å². The van der Waals surface area contributed by atoms with Gasteiger partial charge in [-0.15, -0.1) is 0 Å². The Morgan fingerprint density at radius 1 is 1.36 bits per heavy atom. The lowest BCUT2D eigenvalue weighted by atomic mass is 9.90. The van der Waals surface area contributed by atoms with Crippen molar-refractivity contribution in [1.29, 1.82) is 0 Å². The fourth-order valence-electron chi connectivity index (χ4n) is 2.86. The van der Waals surface area contributed by atoms with Crippen LogP contribution in [0.1, 0.15) is 18.4 Å². The van der Waals surface area contributed by atoms with Crippen molar-refractivity contribution < 1.29 is 22.6 Å². The second-order valence-electron chi connectivity index (χ2n) is 5.72. The first-order valence-corrected chi connectivity index (χ1v) is 8.17. The average molecular weight is 396 g/mol. The zero-order valence-electron chi connectivity index (χ0n) is 12.8. The summed E-state index contributed by atoms with van der Waals surface area (Å²) in [5.41, 5.74) is -0.363. The summed E-state index contributed by atoms with van der Waals surface area (Å²) in [5.74, 6) is 0. The van der Waals surface area contributed by atoms with Gasteiger partial charge in [0.15, 0.2) is 6.29 Å². The molecule has 0 saturated carbocycles. The maximum absolute atomic E-state index is 12.4. The van der Waals surface area contributed by atoms with Crippen molar-refractivity contribution in [2.75, 3.05) is 6.61 Å². The van der Waals surface area contributed by atoms with Crippen LogP contribution in [0.25, 0.3) is 0 Å². The van der Waals surface area contributed by atoms with Crippen LogP contribution in [-0.4, -0.2) is 33.8 Å². The van der Waals surface area contributed by atoms with E-state index in [1.54, 1.807) is 18.2 Å². The second kappa shape index (κ2) is 7.11. The summed E-state index contributed by atoms with van der Waals surface area (Å²) < 4.78 is 49.5. The topological polar surface area (TPSA) is 49.2 Å². The number of benzene rings is 1. The van der Waals surface area contributed by atoms with E-state index in [0.717, 1.165) is 0 Å². The minimum absolute atomic E-state index is 0.236. The molecule has 2 heterocycles. The fraction of sp³-hybridized carbons (Fsp3) is 0.467. The molecule has 10 heteroatoms. The molecule has 136 valence electrons. The fourth-order valence-corrected chi connectivity index (χ4v) is 3.44. The molecule has 1 fully saturated rings. The van der Waals surface area contributed by atoms with Crippen molar-refractivity contribution in [3.8, 4) is 0 Å². The van der Waals surface area contributed by atoms with Crippen LogP contribution in [0.15, 0.2) is 30.9 Å². The van der Waals surface area contributed by atoms with Crippen molar-refractivity contribution in [3.63, 3.8) is 0 Å². The van der Waals surface area contributed by atoms with E-state index in [4.69, 9.17) is 32.7 Å². The predicted octanol–water partition coefficient (Wildman–Crippen LogP) is 4.20. The molecule has 2 aromatic rings. The van der Waals surface area contributed by atoms with Gasteiger partial charge in [-0.2, -0.15) is 18.3 Å². The number of hydrogen-bond acceptors (Lipinski definition) is 4. The normalized spacial score (nSPS) is 24.0. The van der Waals surface area contributed by atoms with Gasteiger partial charge in [0.25, 0.3) is 0 Å². The zero-order valence-corrected chi connectivity index (χ0v) is 14.4.